The molecule has 2 aromatic rings. The Balaban J connectivity index is 2.51. The van der Waals surface area contributed by atoms with Gasteiger partial charge in [-0.2, -0.15) is 0 Å². The Morgan fingerprint density at radius 2 is 1.70 bits per heavy atom. The standard InChI is InChI=1S/C16H14ClO2P/c1-11-6-2-3-7-12(11)16(18)14-9-5-4-8-13(14)15(10-17)20-19/h2-9,15H,10H2,1H3. The van der Waals surface area contributed by atoms with Crippen LogP contribution in [0.2, 0.25) is 0 Å². The molecule has 0 aromatic heterocycles. The lowest BCUT2D eigenvalue weighted by Crippen LogP contribution is -2.08. The van der Waals surface area contributed by atoms with Crippen molar-refractivity contribution in [3.63, 3.8) is 0 Å². The number of hydrogen-bond acceptors (Lipinski definition) is 2. The van der Waals surface area contributed by atoms with Gasteiger partial charge in [0.15, 0.2) is 14.2 Å². The highest BCUT2D eigenvalue weighted by atomic mass is 35.5. The molecule has 0 amide bonds. The Bertz CT molecular complexity index is 640. The van der Waals surface area contributed by atoms with E-state index in [1.165, 1.54) is 0 Å². The second-order valence-corrected chi connectivity index (χ2v) is 5.65. The van der Waals surface area contributed by atoms with Crippen LogP contribution in [-0.2, 0) is 4.57 Å². The summed E-state index contributed by atoms with van der Waals surface area (Å²) in [5.41, 5.74) is 2.52. The fourth-order valence-corrected chi connectivity index (χ4v) is 2.87. The molecular formula is C16H14ClO2P. The van der Waals surface area contributed by atoms with E-state index in [1.54, 1.807) is 12.1 Å². The summed E-state index contributed by atoms with van der Waals surface area (Å²) in [4.78, 5) is 12.7. The number of alkyl halides is 1. The molecule has 0 fully saturated rings. The lowest BCUT2D eigenvalue weighted by Gasteiger charge is -2.12. The summed E-state index contributed by atoms with van der Waals surface area (Å²) in [6, 6.07) is 14.7. The van der Waals surface area contributed by atoms with Crippen molar-refractivity contribution in [2.45, 2.75) is 12.6 Å². The molecular weight excluding hydrogens is 291 g/mol. The van der Waals surface area contributed by atoms with Gasteiger partial charge < -0.3 is 0 Å². The summed E-state index contributed by atoms with van der Waals surface area (Å²) < 4.78 is 11.2. The van der Waals surface area contributed by atoms with Crippen LogP contribution < -0.4 is 0 Å². The molecule has 102 valence electrons. The average molecular weight is 305 g/mol. The molecule has 0 saturated heterocycles. The Hall–Kier alpha value is -1.50. The third-order valence-electron chi connectivity index (χ3n) is 3.23. The second-order valence-electron chi connectivity index (χ2n) is 4.51. The van der Waals surface area contributed by atoms with E-state index in [4.69, 9.17) is 11.6 Å². The molecule has 2 rings (SSSR count). The smallest absolute Gasteiger partial charge is 0.193 e. The van der Waals surface area contributed by atoms with Gasteiger partial charge in [0.25, 0.3) is 0 Å². The maximum atomic E-state index is 12.7. The highest BCUT2D eigenvalue weighted by molar-refractivity contribution is 7.24. The Labute approximate surface area is 125 Å². The van der Waals surface area contributed by atoms with Gasteiger partial charge >= 0.3 is 0 Å². The molecule has 0 aliphatic carbocycles. The molecule has 1 atom stereocenters. The number of benzene rings is 2. The minimum absolute atomic E-state index is 0.0579. The number of halogens is 1. The monoisotopic (exact) mass is 304 g/mol. The molecule has 0 aliphatic heterocycles. The van der Waals surface area contributed by atoms with Crippen LogP contribution in [0.3, 0.4) is 0 Å². The fourth-order valence-electron chi connectivity index (χ4n) is 2.14. The van der Waals surface area contributed by atoms with Crippen molar-refractivity contribution in [2.24, 2.45) is 0 Å². The van der Waals surface area contributed by atoms with Crippen LogP contribution in [0.15, 0.2) is 48.5 Å². The maximum Gasteiger partial charge on any atom is 0.193 e. The molecule has 0 bridgehead atoms. The zero-order valence-corrected chi connectivity index (χ0v) is 12.7. The predicted octanol–water partition coefficient (Wildman–Crippen LogP) is 4.80. The highest BCUT2D eigenvalue weighted by Gasteiger charge is 2.20. The summed E-state index contributed by atoms with van der Waals surface area (Å²) in [6.07, 6.45) is 0. The quantitative estimate of drug-likeness (QED) is 0.452. The minimum Gasteiger partial charge on any atom is -0.289 e. The highest BCUT2D eigenvalue weighted by Crippen LogP contribution is 2.32. The number of rotatable bonds is 5. The number of carbonyl (C=O) groups excluding carboxylic acids is 1. The van der Waals surface area contributed by atoms with Gasteiger partial charge in [-0.3, -0.25) is 9.36 Å². The van der Waals surface area contributed by atoms with E-state index in [0.29, 0.717) is 11.1 Å². The van der Waals surface area contributed by atoms with Gasteiger partial charge in [0, 0.05) is 17.0 Å². The van der Waals surface area contributed by atoms with Gasteiger partial charge in [0.05, 0.1) is 5.66 Å². The molecule has 2 aromatic carbocycles. The Morgan fingerprint density at radius 3 is 2.30 bits per heavy atom. The first-order chi connectivity index (χ1) is 9.69. The lowest BCUT2D eigenvalue weighted by molar-refractivity contribution is 0.103. The molecule has 0 radical (unpaired) electrons. The topological polar surface area (TPSA) is 34.1 Å². The average Bonchev–Trinajstić information content (AvgIpc) is 2.49. The van der Waals surface area contributed by atoms with Crippen LogP contribution >= 0.6 is 20.1 Å². The zero-order valence-electron chi connectivity index (χ0n) is 11.0. The van der Waals surface area contributed by atoms with Crippen LogP contribution in [0.4, 0.5) is 0 Å². The molecule has 4 heteroatoms. The predicted molar refractivity (Wildman–Crippen MR) is 82.1 cm³/mol. The molecule has 20 heavy (non-hydrogen) atoms. The minimum atomic E-state index is -0.360. The normalized spacial score (nSPS) is 12.3. The van der Waals surface area contributed by atoms with E-state index in [1.807, 2.05) is 43.3 Å². The summed E-state index contributed by atoms with van der Waals surface area (Å²) in [7, 11) is -0.0720. The number of hydrogen-bond donors (Lipinski definition) is 0. The van der Waals surface area contributed by atoms with Crippen LogP contribution in [0.1, 0.15) is 32.7 Å². The fraction of sp³-hybridized carbons (Fsp3) is 0.188. The van der Waals surface area contributed by atoms with E-state index in [9.17, 15) is 9.36 Å². The van der Waals surface area contributed by atoms with Gasteiger partial charge in [-0.25, -0.2) is 0 Å². The molecule has 2 nitrogen and oxygen atoms in total. The summed E-state index contributed by atoms with van der Waals surface area (Å²) in [5, 5.41) is 0. The lowest BCUT2D eigenvalue weighted by atomic mass is 9.94. The zero-order chi connectivity index (χ0) is 14.5. The van der Waals surface area contributed by atoms with Crippen molar-refractivity contribution < 1.29 is 9.36 Å². The summed E-state index contributed by atoms with van der Waals surface area (Å²) in [6.45, 7) is 1.90. The van der Waals surface area contributed by atoms with E-state index in [2.05, 4.69) is 0 Å². The summed E-state index contributed by atoms with van der Waals surface area (Å²) >= 11 is 5.84. The van der Waals surface area contributed by atoms with Crippen LogP contribution in [0.5, 0.6) is 0 Å². The molecule has 0 saturated carbocycles. The first-order valence-electron chi connectivity index (χ1n) is 6.26. The largest absolute Gasteiger partial charge is 0.289 e. The Kier molecular flexibility index (Phi) is 5.05. The van der Waals surface area contributed by atoms with Crippen LogP contribution in [-0.4, -0.2) is 11.7 Å². The van der Waals surface area contributed by atoms with Gasteiger partial charge in [-0.05, 0) is 18.1 Å². The van der Waals surface area contributed by atoms with Crippen molar-refractivity contribution in [1.29, 1.82) is 0 Å². The SMILES string of the molecule is Cc1ccccc1C(=O)c1ccccc1C(CCl)P=O. The van der Waals surface area contributed by atoms with Gasteiger partial charge in [0.1, 0.15) is 0 Å². The van der Waals surface area contributed by atoms with Crippen LogP contribution in [0, 0.1) is 6.92 Å². The Morgan fingerprint density at radius 1 is 1.10 bits per heavy atom. The summed E-state index contributed by atoms with van der Waals surface area (Å²) in [5.74, 6) is 0.154. The number of aryl methyl sites for hydroxylation is 1. The molecule has 0 N–H and O–H groups in total. The van der Waals surface area contributed by atoms with Crippen molar-refractivity contribution in [1.82, 2.24) is 0 Å². The number of ketones is 1. The molecule has 0 aliphatic rings. The van der Waals surface area contributed by atoms with Crippen molar-refractivity contribution >= 4 is 25.8 Å². The van der Waals surface area contributed by atoms with E-state index in [0.717, 1.165) is 11.1 Å². The van der Waals surface area contributed by atoms with Gasteiger partial charge in [-0.1, -0.05) is 48.5 Å². The van der Waals surface area contributed by atoms with Crippen molar-refractivity contribution in [3.05, 3.63) is 70.8 Å². The second kappa shape index (κ2) is 6.78. The molecule has 0 spiro atoms. The third-order valence-corrected chi connectivity index (χ3v) is 4.47. The van der Waals surface area contributed by atoms with Gasteiger partial charge in [-0.15, -0.1) is 11.6 Å². The molecule has 0 heterocycles. The van der Waals surface area contributed by atoms with E-state index in [-0.39, 0.29) is 25.8 Å². The number of carbonyl (C=O) groups is 1. The first-order valence-corrected chi connectivity index (χ1v) is 7.68. The maximum absolute atomic E-state index is 12.7. The molecule has 1 unspecified atom stereocenters. The van der Waals surface area contributed by atoms with E-state index >= 15 is 0 Å². The first kappa shape index (κ1) is 14.9. The van der Waals surface area contributed by atoms with Crippen molar-refractivity contribution in [3.8, 4) is 0 Å². The van der Waals surface area contributed by atoms with E-state index < -0.39 is 0 Å². The van der Waals surface area contributed by atoms with Crippen molar-refractivity contribution in [2.75, 3.05) is 5.88 Å². The van der Waals surface area contributed by atoms with Crippen LogP contribution in [0.25, 0.3) is 0 Å². The third kappa shape index (κ3) is 2.98. The van der Waals surface area contributed by atoms with Gasteiger partial charge in [0.2, 0.25) is 0 Å².